The number of aryl methyl sites for hydroxylation is 2. The van der Waals surface area contributed by atoms with Crippen LogP contribution in [-0.2, 0) is 25.8 Å². The van der Waals surface area contributed by atoms with Gasteiger partial charge in [-0.15, -0.1) is 0 Å². The van der Waals surface area contributed by atoms with Gasteiger partial charge in [0.1, 0.15) is 17.2 Å². The standard InChI is InChI=1S/C24H21F4N5O2/c1-3-30-11-15(16-8-17(24(26,27)28)18(25)9-21(16)30)12-31-6-7-33-20(22(31)34)5-4-19(23(33)35)32-10-14(2)29-13-32/h4-5,8-11,13H,3,6-7,12H2,1-2H3. The molecule has 0 aliphatic carbocycles. The molecule has 1 amide bonds. The first-order chi connectivity index (χ1) is 16.6. The monoisotopic (exact) mass is 487 g/mol. The highest BCUT2D eigenvalue weighted by atomic mass is 19.4. The van der Waals surface area contributed by atoms with Crippen molar-refractivity contribution >= 4 is 16.8 Å². The maximum atomic E-state index is 14.2. The number of halogens is 4. The predicted octanol–water partition coefficient (Wildman–Crippen LogP) is 4.13. The maximum absolute atomic E-state index is 14.2. The van der Waals surface area contributed by atoms with Crippen molar-refractivity contribution < 1.29 is 22.4 Å². The number of fused-ring (bicyclic) bond motifs is 2. The fourth-order valence-corrected chi connectivity index (χ4v) is 4.56. The highest BCUT2D eigenvalue weighted by Crippen LogP contribution is 2.36. The Bertz CT molecular complexity index is 1530. The number of aromatic nitrogens is 4. The molecular formula is C24H21F4N5O2. The second-order valence-electron chi connectivity index (χ2n) is 8.50. The van der Waals surface area contributed by atoms with Crippen molar-refractivity contribution in [1.82, 2.24) is 23.6 Å². The molecule has 0 saturated heterocycles. The van der Waals surface area contributed by atoms with E-state index in [1.807, 2.05) is 0 Å². The van der Waals surface area contributed by atoms with Gasteiger partial charge in [-0.1, -0.05) is 0 Å². The number of alkyl halides is 3. The number of imidazole rings is 1. The Labute approximate surface area is 196 Å². The number of carbonyl (C=O) groups excluding carboxylic acids is 1. The molecule has 7 nitrogen and oxygen atoms in total. The number of benzene rings is 1. The lowest BCUT2D eigenvalue weighted by atomic mass is 10.1. The number of hydrogen-bond acceptors (Lipinski definition) is 3. The van der Waals surface area contributed by atoms with E-state index in [0.29, 0.717) is 23.3 Å². The van der Waals surface area contributed by atoms with E-state index in [1.165, 1.54) is 15.8 Å². The van der Waals surface area contributed by atoms with Gasteiger partial charge in [0, 0.05) is 44.0 Å². The SMILES string of the molecule is CCn1cc(CN2CCn3c(ccc(-n4cnc(C)c4)c3=O)C2=O)c2cc(C(F)(F)F)c(F)cc21. The molecule has 182 valence electrons. The van der Waals surface area contributed by atoms with Gasteiger partial charge in [-0.25, -0.2) is 9.37 Å². The summed E-state index contributed by atoms with van der Waals surface area (Å²) in [6.45, 7) is 4.48. The molecule has 0 spiro atoms. The second kappa shape index (κ2) is 8.10. The van der Waals surface area contributed by atoms with E-state index in [1.54, 1.807) is 47.5 Å². The number of rotatable bonds is 4. The Morgan fingerprint density at radius 1 is 1.09 bits per heavy atom. The molecule has 0 fully saturated rings. The molecule has 0 atom stereocenters. The number of carbonyl (C=O) groups is 1. The Balaban J connectivity index is 1.51. The molecule has 11 heteroatoms. The highest BCUT2D eigenvalue weighted by molar-refractivity contribution is 5.94. The van der Waals surface area contributed by atoms with Crippen molar-refractivity contribution in [3.63, 3.8) is 0 Å². The third kappa shape index (κ3) is 3.80. The van der Waals surface area contributed by atoms with Gasteiger partial charge in [-0.2, -0.15) is 13.2 Å². The third-order valence-electron chi connectivity index (χ3n) is 6.30. The summed E-state index contributed by atoms with van der Waals surface area (Å²) in [7, 11) is 0. The van der Waals surface area contributed by atoms with Crippen LogP contribution in [0.15, 0.2) is 47.8 Å². The van der Waals surface area contributed by atoms with Crippen LogP contribution in [0.2, 0.25) is 0 Å². The molecule has 5 rings (SSSR count). The van der Waals surface area contributed by atoms with Crippen LogP contribution in [0.3, 0.4) is 0 Å². The Hall–Kier alpha value is -3.89. The smallest absolute Gasteiger partial charge is 0.347 e. The van der Waals surface area contributed by atoms with Crippen molar-refractivity contribution in [1.29, 1.82) is 0 Å². The fraction of sp³-hybridized carbons (Fsp3) is 0.292. The summed E-state index contributed by atoms with van der Waals surface area (Å²) in [5.41, 5.74) is 0.432. The molecule has 0 unspecified atom stereocenters. The van der Waals surface area contributed by atoms with Gasteiger partial charge < -0.3 is 18.6 Å². The van der Waals surface area contributed by atoms with Crippen LogP contribution in [0, 0.1) is 12.7 Å². The first kappa shape index (κ1) is 22.9. The molecular weight excluding hydrogens is 466 g/mol. The normalized spacial score (nSPS) is 14.1. The number of nitrogens with zero attached hydrogens (tertiary/aromatic N) is 5. The molecule has 0 saturated carbocycles. The minimum Gasteiger partial charge on any atom is -0.347 e. The van der Waals surface area contributed by atoms with E-state index >= 15 is 0 Å². The molecule has 35 heavy (non-hydrogen) atoms. The average Bonchev–Trinajstić information content (AvgIpc) is 3.37. The number of amides is 1. The van der Waals surface area contributed by atoms with Crippen LogP contribution in [0.4, 0.5) is 17.6 Å². The van der Waals surface area contributed by atoms with E-state index in [2.05, 4.69) is 4.98 Å². The van der Waals surface area contributed by atoms with Gasteiger partial charge in [0.15, 0.2) is 0 Å². The summed E-state index contributed by atoms with van der Waals surface area (Å²) in [5, 5.41) is 0.238. The van der Waals surface area contributed by atoms with E-state index in [4.69, 9.17) is 0 Å². The van der Waals surface area contributed by atoms with Crippen molar-refractivity contribution in [3.05, 3.63) is 81.7 Å². The second-order valence-corrected chi connectivity index (χ2v) is 8.50. The minimum absolute atomic E-state index is 0.0297. The van der Waals surface area contributed by atoms with Crippen LogP contribution >= 0.6 is 0 Å². The fourth-order valence-electron chi connectivity index (χ4n) is 4.56. The quantitative estimate of drug-likeness (QED) is 0.407. The first-order valence-electron chi connectivity index (χ1n) is 11.0. The topological polar surface area (TPSA) is 65.1 Å². The van der Waals surface area contributed by atoms with Gasteiger partial charge in [0.05, 0.1) is 23.1 Å². The molecule has 0 bridgehead atoms. The zero-order chi connectivity index (χ0) is 25.1. The van der Waals surface area contributed by atoms with Crippen molar-refractivity contribution in [2.45, 2.75) is 39.7 Å². The summed E-state index contributed by atoms with van der Waals surface area (Å²) in [4.78, 5) is 31.8. The van der Waals surface area contributed by atoms with E-state index < -0.39 is 23.5 Å². The highest BCUT2D eigenvalue weighted by Gasteiger charge is 2.35. The lowest BCUT2D eigenvalue weighted by molar-refractivity contribution is -0.139. The van der Waals surface area contributed by atoms with E-state index in [0.717, 1.165) is 17.8 Å². The molecule has 1 aromatic carbocycles. The van der Waals surface area contributed by atoms with Crippen molar-refractivity contribution in [2.75, 3.05) is 6.54 Å². The average molecular weight is 487 g/mol. The minimum atomic E-state index is -4.84. The molecule has 4 heterocycles. The summed E-state index contributed by atoms with van der Waals surface area (Å²) >= 11 is 0. The molecule has 1 aliphatic rings. The van der Waals surface area contributed by atoms with Crippen LogP contribution in [0.5, 0.6) is 0 Å². The van der Waals surface area contributed by atoms with E-state index in [9.17, 15) is 27.2 Å². The van der Waals surface area contributed by atoms with Crippen molar-refractivity contribution in [2.24, 2.45) is 0 Å². The molecule has 3 aromatic heterocycles. The first-order valence-corrected chi connectivity index (χ1v) is 11.0. The Morgan fingerprint density at radius 3 is 2.51 bits per heavy atom. The number of pyridine rings is 1. The predicted molar refractivity (Wildman–Crippen MR) is 120 cm³/mol. The molecule has 1 aliphatic heterocycles. The molecule has 4 aromatic rings. The zero-order valence-electron chi connectivity index (χ0n) is 18.9. The van der Waals surface area contributed by atoms with Gasteiger partial charge in [0.2, 0.25) is 0 Å². The third-order valence-corrected chi connectivity index (χ3v) is 6.30. The van der Waals surface area contributed by atoms with Gasteiger partial charge in [-0.05, 0) is 43.7 Å². The lowest BCUT2D eigenvalue weighted by Crippen LogP contribution is -2.44. The van der Waals surface area contributed by atoms with Crippen molar-refractivity contribution in [3.8, 4) is 5.69 Å². The van der Waals surface area contributed by atoms with Crippen LogP contribution in [0.1, 0.15) is 34.2 Å². The largest absolute Gasteiger partial charge is 0.419 e. The van der Waals surface area contributed by atoms with Crippen LogP contribution in [0.25, 0.3) is 16.6 Å². The molecule has 0 radical (unpaired) electrons. The van der Waals surface area contributed by atoms with E-state index in [-0.39, 0.29) is 36.3 Å². The Morgan fingerprint density at radius 2 is 1.86 bits per heavy atom. The maximum Gasteiger partial charge on any atom is 0.419 e. The van der Waals surface area contributed by atoms with Crippen LogP contribution < -0.4 is 5.56 Å². The number of hydrogen-bond donors (Lipinski definition) is 0. The van der Waals surface area contributed by atoms with Crippen LogP contribution in [-0.4, -0.2) is 36.0 Å². The van der Waals surface area contributed by atoms with Gasteiger partial charge >= 0.3 is 6.18 Å². The van der Waals surface area contributed by atoms with Gasteiger partial charge in [0.25, 0.3) is 11.5 Å². The summed E-state index contributed by atoms with van der Waals surface area (Å²) < 4.78 is 58.8. The lowest BCUT2D eigenvalue weighted by Gasteiger charge is -2.29. The summed E-state index contributed by atoms with van der Waals surface area (Å²) in [6, 6.07) is 4.81. The zero-order valence-corrected chi connectivity index (χ0v) is 18.9. The summed E-state index contributed by atoms with van der Waals surface area (Å²) in [6.07, 6.45) is 0.0414. The molecule has 0 N–H and O–H groups in total. The Kier molecular flexibility index (Phi) is 5.30. The summed E-state index contributed by atoms with van der Waals surface area (Å²) in [5.74, 6) is -1.74. The van der Waals surface area contributed by atoms with Gasteiger partial charge in [-0.3, -0.25) is 9.59 Å².